The number of aromatic nitrogens is 2. The SMILES string of the molecule is Cc1ccc(C(NN)c2cncnc2)cc1. The molecule has 0 radical (unpaired) electrons. The standard InChI is InChI=1S/C12H14N4/c1-9-2-4-10(5-3-9)12(16-13)11-6-14-8-15-7-11/h2-8,12,16H,13H2,1H3. The van der Waals surface area contributed by atoms with E-state index < -0.39 is 0 Å². The smallest absolute Gasteiger partial charge is 0.115 e. The molecule has 1 aromatic heterocycles. The molecule has 0 spiro atoms. The van der Waals surface area contributed by atoms with E-state index in [9.17, 15) is 0 Å². The van der Waals surface area contributed by atoms with E-state index in [0.29, 0.717) is 0 Å². The van der Waals surface area contributed by atoms with Gasteiger partial charge in [-0.05, 0) is 12.5 Å². The van der Waals surface area contributed by atoms with Crippen LogP contribution in [0.3, 0.4) is 0 Å². The van der Waals surface area contributed by atoms with E-state index in [-0.39, 0.29) is 6.04 Å². The molecule has 0 saturated heterocycles. The van der Waals surface area contributed by atoms with Gasteiger partial charge >= 0.3 is 0 Å². The van der Waals surface area contributed by atoms with Crippen molar-refractivity contribution in [2.45, 2.75) is 13.0 Å². The third kappa shape index (κ3) is 2.24. The second-order valence-corrected chi connectivity index (χ2v) is 3.68. The van der Waals surface area contributed by atoms with E-state index >= 15 is 0 Å². The number of hydrazine groups is 1. The summed E-state index contributed by atoms with van der Waals surface area (Å²) in [7, 11) is 0. The van der Waals surface area contributed by atoms with E-state index in [1.54, 1.807) is 12.4 Å². The predicted molar refractivity (Wildman–Crippen MR) is 62.4 cm³/mol. The van der Waals surface area contributed by atoms with Crippen molar-refractivity contribution in [1.82, 2.24) is 15.4 Å². The van der Waals surface area contributed by atoms with Gasteiger partial charge in [0.25, 0.3) is 0 Å². The zero-order valence-corrected chi connectivity index (χ0v) is 9.09. The Morgan fingerprint density at radius 3 is 2.25 bits per heavy atom. The molecule has 0 aliphatic carbocycles. The van der Waals surface area contributed by atoms with Crippen LogP contribution in [0.1, 0.15) is 22.7 Å². The van der Waals surface area contributed by atoms with Crippen LogP contribution < -0.4 is 11.3 Å². The van der Waals surface area contributed by atoms with Gasteiger partial charge in [0.05, 0.1) is 6.04 Å². The summed E-state index contributed by atoms with van der Waals surface area (Å²) in [5.74, 6) is 5.57. The van der Waals surface area contributed by atoms with Crippen molar-refractivity contribution in [2.75, 3.05) is 0 Å². The Hall–Kier alpha value is -1.78. The average Bonchev–Trinajstić information content (AvgIpc) is 2.34. The van der Waals surface area contributed by atoms with Crippen LogP contribution in [-0.2, 0) is 0 Å². The van der Waals surface area contributed by atoms with E-state index in [2.05, 4.69) is 34.5 Å². The highest BCUT2D eigenvalue weighted by Crippen LogP contribution is 2.19. The lowest BCUT2D eigenvalue weighted by atomic mass is 10.0. The summed E-state index contributed by atoms with van der Waals surface area (Å²) in [5.41, 5.74) is 6.05. The fourth-order valence-corrected chi connectivity index (χ4v) is 1.60. The largest absolute Gasteiger partial charge is 0.271 e. The van der Waals surface area contributed by atoms with Gasteiger partial charge < -0.3 is 0 Å². The number of rotatable bonds is 3. The van der Waals surface area contributed by atoms with Crippen molar-refractivity contribution in [3.63, 3.8) is 0 Å². The van der Waals surface area contributed by atoms with Crippen LogP contribution in [0, 0.1) is 6.92 Å². The molecular weight excluding hydrogens is 200 g/mol. The van der Waals surface area contributed by atoms with Crippen LogP contribution in [0.4, 0.5) is 0 Å². The summed E-state index contributed by atoms with van der Waals surface area (Å²) in [6.07, 6.45) is 5.03. The van der Waals surface area contributed by atoms with Gasteiger partial charge in [-0.25, -0.2) is 15.4 Å². The molecule has 1 heterocycles. The lowest BCUT2D eigenvalue weighted by molar-refractivity contribution is 0.631. The molecule has 0 fully saturated rings. The van der Waals surface area contributed by atoms with Crippen LogP contribution in [0.2, 0.25) is 0 Å². The number of nitrogens with one attached hydrogen (secondary N) is 1. The lowest BCUT2D eigenvalue weighted by Crippen LogP contribution is -2.29. The molecule has 4 nitrogen and oxygen atoms in total. The van der Waals surface area contributed by atoms with E-state index in [1.165, 1.54) is 11.9 Å². The molecule has 0 amide bonds. The van der Waals surface area contributed by atoms with Crippen LogP contribution in [0.15, 0.2) is 43.0 Å². The predicted octanol–water partition coefficient (Wildman–Crippen LogP) is 1.34. The third-order valence-electron chi connectivity index (χ3n) is 2.49. The number of nitrogens with two attached hydrogens (primary N) is 1. The van der Waals surface area contributed by atoms with Crippen molar-refractivity contribution in [2.24, 2.45) is 5.84 Å². The number of hydrogen-bond acceptors (Lipinski definition) is 4. The van der Waals surface area contributed by atoms with Gasteiger partial charge in [-0.1, -0.05) is 29.8 Å². The Balaban J connectivity index is 2.33. The van der Waals surface area contributed by atoms with Gasteiger partial charge in [0.2, 0.25) is 0 Å². The van der Waals surface area contributed by atoms with E-state index in [0.717, 1.165) is 11.1 Å². The van der Waals surface area contributed by atoms with Crippen molar-refractivity contribution in [3.8, 4) is 0 Å². The van der Waals surface area contributed by atoms with Gasteiger partial charge in [-0.15, -0.1) is 0 Å². The molecule has 0 aliphatic rings. The first-order valence-corrected chi connectivity index (χ1v) is 5.09. The minimum atomic E-state index is -0.0678. The highest BCUT2D eigenvalue weighted by molar-refractivity contribution is 5.30. The van der Waals surface area contributed by atoms with Gasteiger partial charge in [0.15, 0.2) is 0 Å². The molecule has 2 rings (SSSR count). The van der Waals surface area contributed by atoms with Crippen molar-refractivity contribution in [3.05, 3.63) is 59.7 Å². The summed E-state index contributed by atoms with van der Waals surface area (Å²) in [6, 6.07) is 8.15. The molecule has 16 heavy (non-hydrogen) atoms. The Morgan fingerprint density at radius 2 is 1.69 bits per heavy atom. The normalized spacial score (nSPS) is 12.4. The van der Waals surface area contributed by atoms with E-state index in [4.69, 9.17) is 5.84 Å². The first-order chi connectivity index (χ1) is 7.81. The maximum Gasteiger partial charge on any atom is 0.115 e. The van der Waals surface area contributed by atoms with Crippen molar-refractivity contribution >= 4 is 0 Å². The molecule has 0 aliphatic heterocycles. The molecule has 1 unspecified atom stereocenters. The highest BCUT2D eigenvalue weighted by Gasteiger charge is 2.11. The molecule has 4 heteroatoms. The topological polar surface area (TPSA) is 63.8 Å². The van der Waals surface area contributed by atoms with Crippen molar-refractivity contribution in [1.29, 1.82) is 0 Å². The second kappa shape index (κ2) is 4.83. The van der Waals surface area contributed by atoms with Crippen LogP contribution >= 0.6 is 0 Å². The summed E-state index contributed by atoms with van der Waals surface area (Å²) < 4.78 is 0. The first kappa shape index (κ1) is 10.7. The summed E-state index contributed by atoms with van der Waals surface area (Å²) >= 11 is 0. The summed E-state index contributed by atoms with van der Waals surface area (Å²) in [4.78, 5) is 7.98. The zero-order chi connectivity index (χ0) is 11.4. The Morgan fingerprint density at radius 1 is 1.06 bits per heavy atom. The van der Waals surface area contributed by atoms with Crippen LogP contribution in [-0.4, -0.2) is 9.97 Å². The molecule has 0 bridgehead atoms. The van der Waals surface area contributed by atoms with Gasteiger partial charge in [-0.3, -0.25) is 5.84 Å². The Labute approximate surface area is 94.5 Å². The minimum Gasteiger partial charge on any atom is -0.271 e. The zero-order valence-electron chi connectivity index (χ0n) is 9.09. The van der Waals surface area contributed by atoms with Crippen LogP contribution in [0.25, 0.3) is 0 Å². The first-order valence-electron chi connectivity index (χ1n) is 5.09. The average molecular weight is 214 g/mol. The summed E-state index contributed by atoms with van der Waals surface area (Å²) in [6.45, 7) is 2.06. The molecule has 82 valence electrons. The Kier molecular flexibility index (Phi) is 3.24. The molecule has 3 N–H and O–H groups in total. The quantitative estimate of drug-likeness (QED) is 0.597. The molecule has 2 aromatic rings. The fraction of sp³-hybridized carbons (Fsp3) is 0.167. The Bertz CT molecular complexity index is 438. The van der Waals surface area contributed by atoms with Crippen molar-refractivity contribution < 1.29 is 0 Å². The number of nitrogens with zero attached hydrogens (tertiary/aromatic N) is 2. The monoisotopic (exact) mass is 214 g/mol. The summed E-state index contributed by atoms with van der Waals surface area (Å²) in [5, 5.41) is 0. The number of hydrogen-bond donors (Lipinski definition) is 2. The molecule has 1 aromatic carbocycles. The lowest BCUT2D eigenvalue weighted by Gasteiger charge is -2.15. The van der Waals surface area contributed by atoms with E-state index in [1.807, 2.05) is 12.1 Å². The maximum atomic E-state index is 5.57. The molecule has 1 atom stereocenters. The number of benzene rings is 1. The minimum absolute atomic E-state index is 0.0678. The molecule has 0 saturated carbocycles. The van der Waals surface area contributed by atoms with Crippen LogP contribution in [0.5, 0.6) is 0 Å². The highest BCUT2D eigenvalue weighted by atomic mass is 15.2. The van der Waals surface area contributed by atoms with Gasteiger partial charge in [0, 0.05) is 18.0 Å². The second-order valence-electron chi connectivity index (χ2n) is 3.68. The maximum absolute atomic E-state index is 5.57. The fourth-order valence-electron chi connectivity index (χ4n) is 1.60. The third-order valence-corrected chi connectivity index (χ3v) is 2.49. The van der Waals surface area contributed by atoms with Gasteiger partial charge in [-0.2, -0.15) is 0 Å². The number of aryl methyl sites for hydroxylation is 1. The van der Waals surface area contributed by atoms with Gasteiger partial charge in [0.1, 0.15) is 6.33 Å². The molecular formula is C12H14N4.